The first kappa shape index (κ1) is 30.0. The van der Waals surface area contributed by atoms with E-state index < -0.39 is 41.6 Å². The number of esters is 1. The molecule has 2 unspecified atom stereocenters. The molecule has 0 aliphatic heterocycles. The van der Waals surface area contributed by atoms with Crippen LogP contribution in [0, 0.1) is 6.92 Å². The van der Waals surface area contributed by atoms with Crippen LogP contribution < -0.4 is 10.6 Å². The summed E-state index contributed by atoms with van der Waals surface area (Å²) >= 11 is 1.53. The standard InChI is InChI=1S/C25H37N3O6S/c1-8-14-28(23(31)19(13-15-35-7)27-24(32)34-25(3,4)5)21(18-11-9-17(2)10-12-18)22(30)26-16-20(29)33-6/h8-12,19,21H,1,13-16H2,2-7H3,(H,26,30)(H,27,32). The molecule has 35 heavy (non-hydrogen) atoms. The lowest BCUT2D eigenvalue weighted by Crippen LogP contribution is -2.53. The average Bonchev–Trinajstić information content (AvgIpc) is 2.79. The summed E-state index contributed by atoms with van der Waals surface area (Å²) in [5.41, 5.74) is 0.790. The summed E-state index contributed by atoms with van der Waals surface area (Å²) in [5.74, 6) is -1.05. The number of hydrogen-bond donors (Lipinski definition) is 2. The molecular weight excluding hydrogens is 470 g/mol. The molecule has 1 aromatic carbocycles. The van der Waals surface area contributed by atoms with Gasteiger partial charge in [0.1, 0.15) is 24.2 Å². The van der Waals surface area contributed by atoms with Crippen molar-refractivity contribution in [1.29, 1.82) is 0 Å². The highest BCUT2D eigenvalue weighted by Crippen LogP contribution is 2.24. The van der Waals surface area contributed by atoms with Crippen LogP contribution in [0.4, 0.5) is 4.79 Å². The Balaban J connectivity index is 3.37. The van der Waals surface area contributed by atoms with E-state index in [-0.39, 0.29) is 13.1 Å². The van der Waals surface area contributed by atoms with Gasteiger partial charge in [0, 0.05) is 6.54 Å². The van der Waals surface area contributed by atoms with Gasteiger partial charge in [-0.15, -0.1) is 6.58 Å². The maximum atomic E-state index is 13.7. The van der Waals surface area contributed by atoms with Gasteiger partial charge in [0.25, 0.3) is 0 Å². The summed E-state index contributed by atoms with van der Waals surface area (Å²) in [6.45, 7) is 10.5. The van der Waals surface area contributed by atoms with Gasteiger partial charge in [-0.05, 0) is 51.7 Å². The van der Waals surface area contributed by atoms with E-state index >= 15 is 0 Å². The van der Waals surface area contributed by atoms with Gasteiger partial charge in [0.2, 0.25) is 11.8 Å². The molecule has 1 rings (SSSR count). The van der Waals surface area contributed by atoms with Crippen molar-refractivity contribution in [3.8, 4) is 0 Å². The summed E-state index contributed by atoms with van der Waals surface area (Å²) in [6, 6.07) is 5.16. The zero-order valence-corrected chi connectivity index (χ0v) is 22.2. The predicted molar refractivity (Wildman–Crippen MR) is 137 cm³/mol. The van der Waals surface area contributed by atoms with Crippen molar-refractivity contribution in [3.05, 3.63) is 48.0 Å². The molecule has 0 radical (unpaired) electrons. The highest BCUT2D eigenvalue weighted by Gasteiger charge is 2.35. The summed E-state index contributed by atoms with van der Waals surface area (Å²) < 4.78 is 9.95. The number of hydrogen-bond acceptors (Lipinski definition) is 7. The number of aryl methyl sites for hydroxylation is 1. The van der Waals surface area contributed by atoms with Crippen LogP contribution in [-0.2, 0) is 23.9 Å². The van der Waals surface area contributed by atoms with Gasteiger partial charge >= 0.3 is 12.1 Å². The van der Waals surface area contributed by atoms with Crippen molar-refractivity contribution in [2.24, 2.45) is 0 Å². The van der Waals surface area contributed by atoms with Crippen LogP contribution in [0.3, 0.4) is 0 Å². The van der Waals surface area contributed by atoms with Gasteiger partial charge in [-0.25, -0.2) is 4.79 Å². The molecule has 10 heteroatoms. The van der Waals surface area contributed by atoms with Crippen LogP contribution in [-0.4, -0.2) is 72.6 Å². The Morgan fingerprint density at radius 3 is 2.31 bits per heavy atom. The second kappa shape index (κ2) is 14.4. The van der Waals surface area contributed by atoms with E-state index in [4.69, 9.17) is 4.74 Å². The number of amides is 3. The number of benzene rings is 1. The molecule has 0 spiro atoms. The maximum Gasteiger partial charge on any atom is 0.408 e. The Morgan fingerprint density at radius 2 is 1.80 bits per heavy atom. The Kier molecular flexibility index (Phi) is 12.4. The molecule has 1 aromatic rings. The second-order valence-electron chi connectivity index (χ2n) is 8.87. The molecule has 2 atom stereocenters. The third-order valence-corrected chi connectivity index (χ3v) is 5.44. The van der Waals surface area contributed by atoms with Gasteiger partial charge in [0.05, 0.1) is 7.11 Å². The normalized spacial score (nSPS) is 12.6. The van der Waals surface area contributed by atoms with E-state index in [1.54, 1.807) is 32.9 Å². The topological polar surface area (TPSA) is 114 Å². The Bertz CT molecular complexity index is 882. The lowest BCUT2D eigenvalue weighted by Gasteiger charge is -2.33. The van der Waals surface area contributed by atoms with Crippen molar-refractivity contribution < 1.29 is 28.7 Å². The van der Waals surface area contributed by atoms with E-state index in [2.05, 4.69) is 21.9 Å². The Labute approximate surface area is 212 Å². The molecule has 9 nitrogen and oxygen atoms in total. The molecular formula is C25H37N3O6S. The monoisotopic (exact) mass is 507 g/mol. The van der Waals surface area contributed by atoms with E-state index in [9.17, 15) is 19.2 Å². The molecule has 3 amide bonds. The number of nitrogens with zero attached hydrogens (tertiary/aromatic N) is 1. The molecule has 0 aromatic heterocycles. The zero-order chi connectivity index (χ0) is 26.6. The number of ether oxygens (including phenoxy) is 2. The van der Waals surface area contributed by atoms with Gasteiger partial charge < -0.3 is 25.0 Å². The largest absolute Gasteiger partial charge is 0.468 e. The minimum atomic E-state index is -1.07. The highest BCUT2D eigenvalue weighted by molar-refractivity contribution is 7.98. The van der Waals surface area contributed by atoms with Crippen molar-refractivity contribution in [2.45, 2.75) is 51.8 Å². The van der Waals surface area contributed by atoms with E-state index in [1.807, 2.05) is 25.3 Å². The summed E-state index contributed by atoms with van der Waals surface area (Å²) in [5, 5.41) is 5.19. The van der Waals surface area contributed by atoms with Gasteiger partial charge in [-0.3, -0.25) is 14.4 Å². The quantitative estimate of drug-likeness (QED) is 0.330. The number of nitrogens with one attached hydrogen (secondary N) is 2. The third-order valence-electron chi connectivity index (χ3n) is 4.80. The second-order valence-corrected chi connectivity index (χ2v) is 9.85. The number of rotatable bonds is 12. The molecule has 0 aliphatic rings. The van der Waals surface area contributed by atoms with Crippen molar-refractivity contribution in [1.82, 2.24) is 15.5 Å². The van der Waals surface area contributed by atoms with Crippen LogP contribution in [0.15, 0.2) is 36.9 Å². The Hall–Kier alpha value is -3.01. The summed E-state index contributed by atoms with van der Waals surface area (Å²) in [4.78, 5) is 52.4. The van der Waals surface area contributed by atoms with Crippen LogP contribution in [0.5, 0.6) is 0 Å². The van der Waals surface area contributed by atoms with Crippen molar-refractivity contribution in [2.75, 3.05) is 32.2 Å². The van der Waals surface area contributed by atoms with Crippen LogP contribution in [0.25, 0.3) is 0 Å². The van der Waals surface area contributed by atoms with Crippen LogP contribution in [0.1, 0.15) is 44.4 Å². The van der Waals surface area contributed by atoms with Crippen LogP contribution >= 0.6 is 11.8 Å². The number of methoxy groups -OCH3 is 1. The number of carbonyl (C=O) groups excluding carboxylic acids is 4. The first-order chi connectivity index (χ1) is 16.4. The van der Waals surface area contributed by atoms with E-state index in [0.717, 1.165) is 5.56 Å². The van der Waals surface area contributed by atoms with Gasteiger partial charge in [-0.1, -0.05) is 35.9 Å². The first-order valence-corrected chi connectivity index (χ1v) is 12.6. The van der Waals surface area contributed by atoms with Crippen LogP contribution in [0.2, 0.25) is 0 Å². The highest BCUT2D eigenvalue weighted by atomic mass is 32.2. The maximum absolute atomic E-state index is 13.7. The number of alkyl carbamates (subject to hydrolysis) is 1. The SMILES string of the molecule is C=CCN(C(=O)C(CCSC)NC(=O)OC(C)(C)C)C(C(=O)NCC(=O)OC)c1ccc(C)cc1. The lowest BCUT2D eigenvalue weighted by molar-refractivity contribution is -0.144. The molecule has 0 saturated carbocycles. The van der Waals surface area contributed by atoms with Gasteiger partial charge in [-0.2, -0.15) is 11.8 Å². The smallest absolute Gasteiger partial charge is 0.408 e. The number of carbonyl (C=O) groups is 4. The Morgan fingerprint density at radius 1 is 1.17 bits per heavy atom. The fourth-order valence-electron chi connectivity index (χ4n) is 3.15. The van der Waals surface area contributed by atoms with Crippen molar-refractivity contribution in [3.63, 3.8) is 0 Å². The average molecular weight is 508 g/mol. The molecule has 0 saturated heterocycles. The molecule has 194 valence electrons. The van der Waals surface area contributed by atoms with Crippen molar-refractivity contribution >= 4 is 35.6 Å². The summed E-state index contributed by atoms with van der Waals surface area (Å²) in [6.07, 6.45) is 3.01. The minimum Gasteiger partial charge on any atom is -0.468 e. The zero-order valence-electron chi connectivity index (χ0n) is 21.4. The molecule has 0 bridgehead atoms. The molecule has 0 aliphatic carbocycles. The predicted octanol–water partition coefficient (Wildman–Crippen LogP) is 2.99. The molecule has 2 N–H and O–H groups in total. The third kappa shape index (κ3) is 10.4. The first-order valence-electron chi connectivity index (χ1n) is 11.2. The summed E-state index contributed by atoms with van der Waals surface area (Å²) in [7, 11) is 1.22. The van der Waals surface area contributed by atoms with E-state index in [0.29, 0.717) is 17.7 Å². The molecule has 0 heterocycles. The fourth-order valence-corrected chi connectivity index (χ4v) is 3.63. The fraction of sp³-hybridized carbons (Fsp3) is 0.520. The van der Waals surface area contributed by atoms with E-state index in [1.165, 1.54) is 29.8 Å². The molecule has 0 fully saturated rings. The lowest BCUT2D eigenvalue weighted by atomic mass is 10.0. The van der Waals surface area contributed by atoms with Gasteiger partial charge in [0.15, 0.2) is 0 Å². The number of thioether (sulfide) groups is 1. The minimum absolute atomic E-state index is 0.0365.